The fourth-order valence-corrected chi connectivity index (χ4v) is 3.18. The molecule has 0 fully saturated rings. The minimum Gasteiger partial charge on any atom is -0.493 e. The molecule has 10 heteroatoms. The molecule has 0 radical (unpaired) electrons. The number of hydrogen-bond acceptors (Lipinski definition) is 8. The largest absolute Gasteiger partial charge is 0.493 e. The molecule has 2 heterocycles. The van der Waals surface area contributed by atoms with E-state index in [1.54, 1.807) is 12.1 Å². The molecule has 0 spiro atoms. The summed E-state index contributed by atoms with van der Waals surface area (Å²) in [6.07, 6.45) is 0. The molecular weight excluding hydrogens is 372 g/mol. The van der Waals surface area contributed by atoms with Gasteiger partial charge in [0.2, 0.25) is 17.5 Å². The minimum atomic E-state index is -0.817. The number of allylic oxidation sites excluding steroid dienone is 1. The second-order valence-corrected chi connectivity index (χ2v) is 5.94. The molecule has 0 saturated carbocycles. The monoisotopic (exact) mass is 388 g/mol. The van der Waals surface area contributed by atoms with Gasteiger partial charge in [-0.15, -0.1) is 0 Å². The number of aromatic nitrogens is 2. The SMILES string of the molecule is COc1cc(C2C(C#N)=C(N)Oc3[nH]c(=S)[nH]c(=O)c32)cc(OC)c1OC. The average Bonchev–Trinajstić information content (AvgIpc) is 2.65. The number of H-pyrrole nitrogens is 2. The number of methoxy groups -OCH3 is 3. The molecule has 1 unspecified atom stereocenters. The lowest BCUT2D eigenvalue weighted by Crippen LogP contribution is -2.28. The van der Waals surface area contributed by atoms with E-state index in [4.69, 9.17) is 36.9 Å². The summed E-state index contributed by atoms with van der Waals surface area (Å²) in [6, 6.07) is 5.30. The number of aromatic amines is 2. The molecule has 9 nitrogen and oxygen atoms in total. The molecule has 2 aromatic rings. The predicted molar refractivity (Wildman–Crippen MR) is 97.6 cm³/mol. The van der Waals surface area contributed by atoms with E-state index in [0.717, 1.165) is 0 Å². The van der Waals surface area contributed by atoms with Gasteiger partial charge in [0.15, 0.2) is 16.3 Å². The maximum Gasteiger partial charge on any atom is 0.259 e. The van der Waals surface area contributed by atoms with Crippen LogP contribution < -0.4 is 30.2 Å². The Bertz CT molecular complexity index is 1070. The van der Waals surface area contributed by atoms with Gasteiger partial charge in [0.05, 0.1) is 32.8 Å². The van der Waals surface area contributed by atoms with Crippen molar-refractivity contribution in [2.24, 2.45) is 5.73 Å². The molecule has 1 aliphatic heterocycles. The summed E-state index contributed by atoms with van der Waals surface area (Å²) >= 11 is 4.98. The first-order valence-electron chi connectivity index (χ1n) is 7.69. The zero-order valence-corrected chi connectivity index (χ0v) is 15.5. The lowest BCUT2D eigenvalue weighted by atomic mass is 9.85. The summed E-state index contributed by atoms with van der Waals surface area (Å²) in [7, 11) is 4.42. The van der Waals surface area contributed by atoms with Crippen LogP contribution in [0.4, 0.5) is 0 Å². The van der Waals surface area contributed by atoms with Crippen molar-refractivity contribution >= 4 is 12.2 Å². The first-order chi connectivity index (χ1) is 12.9. The topological polar surface area (TPSA) is 135 Å². The van der Waals surface area contributed by atoms with E-state index in [2.05, 4.69) is 9.97 Å². The predicted octanol–water partition coefficient (Wildman–Crippen LogP) is 1.68. The van der Waals surface area contributed by atoms with Gasteiger partial charge in [-0.2, -0.15) is 5.26 Å². The van der Waals surface area contributed by atoms with Gasteiger partial charge in [-0.05, 0) is 29.9 Å². The number of nitriles is 1. The van der Waals surface area contributed by atoms with Crippen molar-refractivity contribution in [2.75, 3.05) is 21.3 Å². The second-order valence-electron chi connectivity index (χ2n) is 5.53. The van der Waals surface area contributed by atoms with Crippen molar-refractivity contribution in [3.8, 4) is 29.2 Å². The van der Waals surface area contributed by atoms with Gasteiger partial charge in [-0.1, -0.05) is 0 Å². The number of fused-ring (bicyclic) bond motifs is 1. The molecule has 1 atom stereocenters. The highest BCUT2D eigenvalue weighted by atomic mass is 32.1. The molecule has 0 bridgehead atoms. The van der Waals surface area contributed by atoms with Crippen LogP contribution in [0.2, 0.25) is 0 Å². The van der Waals surface area contributed by atoms with E-state index in [-0.39, 0.29) is 27.7 Å². The van der Waals surface area contributed by atoms with Crippen LogP contribution in [0.3, 0.4) is 0 Å². The standard InChI is InChI=1S/C17H16N4O5S/c1-23-9-4-7(5-10(24-2)13(9)25-3)11-8(6-18)14(19)26-16-12(11)15(22)20-17(27)21-16/h4-5,11H,19H2,1-3H3,(H2,20,21,22,27). The smallest absolute Gasteiger partial charge is 0.259 e. The Hall–Kier alpha value is -3.45. The van der Waals surface area contributed by atoms with Crippen molar-refractivity contribution in [2.45, 2.75) is 5.92 Å². The Morgan fingerprint density at radius 1 is 1.19 bits per heavy atom. The van der Waals surface area contributed by atoms with E-state index in [1.165, 1.54) is 21.3 Å². The van der Waals surface area contributed by atoms with Gasteiger partial charge in [-0.3, -0.25) is 9.78 Å². The third kappa shape index (κ3) is 2.98. The molecule has 140 valence electrons. The van der Waals surface area contributed by atoms with Gasteiger partial charge >= 0.3 is 0 Å². The summed E-state index contributed by atoms with van der Waals surface area (Å²) in [4.78, 5) is 17.8. The highest BCUT2D eigenvalue weighted by molar-refractivity contribution is 7.71. The summed E-state index contributed by atoms with van der Waals surface area (Å²) in [5.41, 5.74) is 6.20. The first kappa shape index (κ1) is 18.3. The molecule has 1 aromatic carbocycles. The minimum absolute atomic E-state index is 0.0767. The Kier molecular flexibility index (Phi) is 4.79. The van der Waals surface area contributed by atoms with Gasteiger partial charge in [-0.25, -0.2) is 0 Å². The molecule has 0 amide bonds. The number of ether oxygens (including phenoxy) is 4. The quantitative estimate of drug-likeness (QED) is 0.673. The zero-order valence-electron chi connectivity index (χ0n) is 14.7. The molecule has 0 aliphatic carbocycles. The average molecular weight is 388 g/mol. The second kappa shape index (κ2) is 7.05. The molecule has 0 saturated heterocycles. The van der Waals surface area contributed by atoms with E-state index in [0.29, 0.717) is 22.8 Å². The molecular formula is C17H16N4O5S. The van der Waals surface area contributed by atoms with E-state index in [1.807, 2.05) is 6.07 Å². The third-order valence-electron chi connectivity index (χ3n) is 4.14. The zero-order chi connectivity index (χ0) is 19.7. The lowest BCUT2D eigenvalue weighted by molar-refractivity contribution is 0.323. The lowest BCUT2D eigenvalue weighted by Gasteiger charge is -2.26. The van der Waals surface area contributed by atoms with Crippen LogP contribution in [0, 0.1) is 16.1 Å². The maximum absolute atomic E-state index is 12.6. The van der Waals surface area contributed by atoms with Crippen LogP contribution in [0.5, 0.6) is 23.1 Å². The van der Waals surface area contributed by atoms with Gasteiger partial charge in [0.1, 0.15) is 11.6 Å². The highest BCUT2D eigenvalue weighted by Gasteiger charge is 2.35. The molecule has 27 heavy (non-hydrogen) atoms. The van der Waals surface area contributed by atoms with Crippen molar-refractivity contribution in [1.29, 1.82) is 5.26 Å². The van der Waals surface area contributed by atoms with Gasteiger partial charge in [0.25, 0.3) is 5.56 Å². The fourth-order valence-electron chi connectivity index (χ4n) is 2.99. The molecule has 3 rings (SSSR count). The normalized spacial score (nSPS) is 15.4. The number of nitrogens with two attached hydrogens (primary N) is 1. The number of nitrogens with one attached hydrogen (secondary N) is 2. The van der Waals surface area contributed by atoms with Crippen LogP contribution in [0.25, 0.3) is 0 Å². The van der Waals surface area contributed by atoms with Crippen LogP contribution in [-0.2, 0) is 0 Å². The van der Waals surface area contributed by atoms with E-state index < -0.39 is 11.5 Å². The summed E-state index contributed by atoms with van der Waals surface area (Å²) in [5.74, 6) is 0.266. The Morgan fingerprint density at radius 2 is 1.81 bits per heavy atom. The van der Waals surface area contributed by atoms with Gasteiger partial charge < -0.3 is 29.7 Å². The van der Waals surface area contributed by atoms with Crippen LogP contribution in [-0.4, -0.2) is 31.3 Å². The number of benzene rings is 1. The van der Waals surface area contributed by atoms with Crippen molar-refractivity contribution < 1.29 is 18.9 Å². The Balaban J connectivity index is 2.35. The molecule has 1 aromatic heterocycles. The van der Waals surface area contributed by atoms with Crippen molar-refractivity contribution in [3.05, 3.63) is 49.8 Å². The first-order valence-corrected chi connectivity index (χ1v) is 8.09. The van der Waals surface area contributed by atoms with E-state index in [9.17, 15) is 10.1 Å². The summed E-state index contributed by atoms with van der Waals surface area (Å²) < 4.78 is 21.5. The number of hydrogen-bond donors (Lipinski definition) is 3. The molecule has 1 aliphatic rings. The number of rotatable bonds is 4. The van der Waals surface area contributed by atoms with Crippen LogP contribution in [0.1, 0.15) is 17.0 Å². The Labute approximate surface area is 158 Å². The maximum atomic E-state index is 12.6. The third-order valence-corrected chi connectivity index (χ3v) is 4.34. The number of nitrogens with zero attached hydrogens (tertiary/aromatic N) is 1. The molecule has 4 N–H and O–H groups in total. The van der Waals surface area contributed by atoms with Crippen LogP contribution >= 0.6 is 12.2 Å². The summed E-state index contributed by atoms with van der Waals surface area (Å²) in [6.45, 7) is 0. The Morgan fingerprint density at radius 3 is 2.33 bits per heavy atom. The van der Waals surface area contributed by atoms with Crippen molar-refractivity contribution in [3.63, 3.8) is 0 Å². The summed E-state index contributed by atoms with van der Waals surface area (Å²) in [5, 5.41) is 9.62. The van der Waals surface area contributed by atoms with Crippen LogP contribution in [0.15, 0.2) is 28.4 Å². The van der Waals surface area contributed by atoms with E-state index >= 15 is 0 Å². The highest BCUT2D eigenvalue weighted by Crippen LogP contribution is 2.45. The fraction of sp³-hybridized carbons (Fsp3) is 0.235. The van der Waals surface area contributed by atoms with Gasteiger partial charge in [0, 0.05) is 0 Å². The van der Waals surface area contributed by atoms with Crippen molar-refractivity contribution in [1.82, 2.24) is 9.97 Å².